The van der Waals surface area contributed by atoms with Gasteiger partial charge in [0.2, 0.25) is 0 Å². The quantitative estimate of drug-likeness (QED) is 0.468. The molecule has 3 heteroatoms. The molecule has 1 rings (SSSR count). The van der Waals surface area contributed by atoms with Gasteiger partial charge in [-0.25, -0.2) is 0 Å². The lowest BCUT2D eigenvalue weighted by atomic mass is 10.1. The highest BCUT2D eigenvalue weighted by Gasteiger charge is 2.24. The van der Waals surface area contributed by atoms with Crippen molar-refractivity contribution in [3.63, 3.8) is 0 Å². The van der Waals surface area contributed by atoms with Crippen molar-refractivity contribution < 1.29 is 14.9 Å². The Kier molecular flexibility index (Phi) is 2.05. The lowest BCUT2D eigenvalue weighted by molar-refractivity contribution is -0.115. The molecule has 0 saturated carbocycles. The van der Waals surface area contributed by atoms with E-state index < -0.39 is 12.2 Å². The third-order valence-corrected chi connectivity index (χ3v) is 1.61. The van der Waals surface area contributed by atoms with Gasteiger partial charge in [-0.2, -0.15) is 0 Å². The fourth-order valence-electron chi connectivity index (χ4n) is 0.912. The summed E-state index contributed by atoms with van der Waals surface area (Å²) < 4.78 is 5.00. The van der Waals surface area contributed by atoms with Crippen molar-refractivity contribution in [3.05, 3.63) is 0 Å². The zero-order valence-electron chi connectivity index (χ0n) is 5.45. The van der Waals surface area contributed by atoms with Crippen molar-refractivity contribution >= 4 is 0 Å². The Morgan fingerprint density at radius 1 is 1.44 bits per heavy atom. The summed E-state index contributed by atoms with van der Waals surface area (Å²) in [4.78, 5) is 0. The molecule has 0 spiro atoms. The van der Waals surface area contributed by atoms with Crippen LogP contribution in [0.15, 0.2) is 0 Å². The van der Waals surface area contributed by atoms with Crippen LogP contribution in [0.4, 0.5) is 0 Å². The van der Waals surface area contributed by atoms with E-state index in [2.05, 4.69) is 0 Å². The second kappa shape index (κ2) is 2.64. The van der Waals surface area contributed by atoms with E-state index in [0.717, 1.165) is 0 Å². The molecule has 0 aromatic heterocycles. The van der Waals surface area contributed by atoms with Crippen LogP contribution in [0, 0.1) is 0 Å². The highest BCUT2D eigenvalue weighted by atomic mass is 16.5. The summed E-state index contributed by atoms with van der Waals surface area (Å²) in [6.45, 7) is 2.16. The zero-order chi connectivity index (χ0) is 6.85. The number of rotatable bonds is 0. The van der Waals surface area contributed by atoms with Crippen LogP contribution in [0.5, 0.6) is 0 Å². The monoisotopic (exact) mass is 132 g/mol. The van der Waals surface area contributed by atoms with E-state index >= 15 is 0 Å². The van der Waals surface area contributed by atoms with E-state index in [1.54, 1.807) is 6.92 Å². The molecule has 9 heavy (non-hydrogen) atoms. The average Bonchev–Trinajstić information content (AvgIpc) is 1.80. The van der Waals surface area contributed by atoms with Crippen LogP contribution < -0.4 is 0 Å². The first-order chi connectivity index (χ1) is 4.20. The van der Waals surface area contributed by atoms with Crippen LogP contribution in [0.3, 0.4) is 0 Å². The van der Waals surface area contributed by atoms with Crippen LogP contribution in [0.1, 0.15) is 13.3 Å². The molecule has 0 aliphatic carbocycles. The van der Waals surface area contributed by atoms with Crippen LogP contribution in [-0.2, 0) is 4.74 Å². The lowest BCUT2D eigenvalue weighted by Crippen LogP contribution is -2.39. The Balaban J connectivity index is 2.35. The smallest absolute Gasteiger partial charge is 0.0824 e. The van der Waals surface area contributed by atoms with E-state index in [0.29, 0.717) is 13.0 Å². The van der Waals surface area contributed by atoms with Gasteiger partial charge >= 0.3 is 0 Å². The number of hydrogen-bond acceptors (Lipinski definition) is 3. The summed E-state index contributed by atoms with van der Waals surface area (Å²) in [5, 5.41) is 18.0. The minimum absolute atomic E-state index is 0.117. The van der Waals surface area contributed by atoms with E-state index in [1.165, 1.54) is 0 Å². The molecule has 2 N–H and O–H groups in total. The zero-order valence-corrected chi connectivity index (χ0v) is 5.45. The first-order valence-corrected chi connectivity index (χ1v) is 3.18. The standard InChI is InChI=1S/C6H12O3/c1-4-6(8)2-5(7)3-9-4/h4-8H,2-3H2,1H3/t4-,5+,6-/m1/s1. The summed E-state index contributed by atoms with van der Waals surface area (Å²) in [6, 6.07) is 0. The Morgan fingerprint density at radius 3 is 2.56 bits per heavy atom. The fraction of sp³-hybridized carbons (Fsp3) is 1.00. The van der Waals surface area contributed by atoms with Crippen molar-refractivity contribution in [1.82, 2.24) is 0 Å². The van der Waals surface area contributed by atoms with Gasteiger partial charge in [0.25, 0.3) is 0 Å². The van der Waals surface area contributed by atoms with Crippen molar-refractivity contribution in [2.45, 2.75) is 31.7 Å². The topological polar surface area (TPSA) is 49.7 Å². The molecule has 1 aliphatic heterocycles. The van der Waals surface area contributed by atoms with Crippen molar-refractivity contribution in [1.29, 1.82) is 0 Å². The summed E-state index contributed by atoms with van der Waals surface area (Å²) in [6.07, 6.45) is -0.639. The molecule has 0 bridgehead atoms. The summed E-state index contributed by atoms with van der Waals surface area (Å²) in [5.41, 5.74) is 0. The average molecular weight is 132 g/mol. The van der Waals surface area contributed by atoms with Crippen LogP contribution in [0.2, 0.25) is 0 Å². The van der Waals surface area contributed by atoms with Crippen LogP contribution >= 0.6 is 0 Å². The molecule has 1 saturated heterocycles. The predicted octanol–water partition coefficient (Wildman–Crippen LogP) is -0.483. The Bertz CT molecular complexity index is 94.3. The minimum Gasteiger partial charge on any atom is -0.391 e. The molecule has 54 valence electrons. The Labute approximate surface area is 54.3 Å². The number of ether oxygens (including phenoxy) is 1. The maximum absolute atomic E-state index is 9.06. The summed E-state index contributed by atoms with van der Waals surface area (Å²) in [5.74, 6) is 0. The molecule has 1 fully saturated rings. The van der Waals surface area contributed by atoms with Gasteiger partial charge in [0.1, 0.15) is 0 Å². The molecule has 3 nitrogen and oxygen atoms in total. The van der Waals surface area contributed by atoms with E-state index in [-0.39, 0.29) is 6.10 Å². The van der Waals surface area contributed by atoms with Crippen molar-refractivity contribution in [2.24, 2.45) is 0 Å². The van der Waals surface area contributed by atoms with Crippen molar-refractivity contribution in [3.8, 4) is 0 Å². The van der Waals surface area contributed by atoms with Gasteiger partial charge in [0.15, 0.2) is 0 Å². The molecule has 3 atom stereocenters. The van der Waals surface area contributed by atoms with Gasteiger partial charge in [0, 0.05) is 6.42 Å². The lowest BCUT2D eigenvalue weighted by Gasteiger charge is -2.28. The first-order valence-electron chi connectivity index (χ1n) is 3.18. The first kappa shape index (κ1) is 6.99. The molecule has 0 radical (unpaired) electrons. The highest BCUT2D eigenvalue weighted by Crippen LogP contribution is 2.12. The molecule has 0 amide bonds. The minimum atomic E-state index is -0.492. The van der Waals surface area contributed by atoms with Crippen molar-refractivity contribution in [2.75, 3.05) is 6.61 Å². The molecule has 0 aromatic carbocycles. The fourth-order valence-corrected chi connectivity index (χ4v) is 0.912. The third-order valence-electron chi connectivity index (χ3n) is 1.61. The Hall–Kier alpha value is -0.120. The molecular weight excluding hydrogens is 120 g/mol. The van der Waals surface area contributed by atoms with Gasteiger partial charge in [0.05, 0.1) is 24.9 Å². The number of hydrogen-bond donors (Lipinski definition) is 2. The number of aliphatic hydroxyl groups excluding tert-OH is 2. The predicted molar refractivity (Wildman–Crippen MR) is 32.0 cm³/mol. The highest BCUT2D eigenvalue weighted by molar-refractivity contribution is 4.74. The SMILES string of the molecule is C[C@H]1OC[C@@H](O)C[C@H]1O. The Morgan fingerprint density at radius 2 is 2.11 bits per heavy atom. The van der Waals surface area contributed by atoms with Crippen LogP contribution in [-0.4, -0.2) is 35.1 Å². The largest absolute Gasteiger partial charge is 0.391 e. The molecule has 0 unspecified atom stereocenters. The maximum Gasteiger partial charge on any atom is 0.0824 e. The molecule has 0 aromatic rings. The van der Waals surface area contributed by atoms with E-state index in [9.17, 15) is 0 Å². The van der Waals surface area contributed by atoms with Crippen LogP contribution in [0.25, 0.3) is 0 Å². The summed E-state index contributed by atoms with van der Waals surface area (Å²) in [7, 11) is 0. The normalized spacial score (nSPS) is 45.0. The molecular formula is C6H12O3. The maximum atomic E-state index is 9.06. The second-order valence-corrected chi connectivity index (χ2v) is 2.50. The van der Waals surface area contributed by atoms with Gasteiger partial charge < -0.3 is 14.9 Å². The second-order valence-electron chi connectivity index (χ2n) is 2.50. The van der Waals surface area contributed by atoms with Gasteiger partial charge in [-0.05, 0) is 6.92 Å². The van der Waals surface area contributed by atoms with E-state index in [4.69, 9.17) is 14.9 Å². The van der Waals surface area contributed by atoms with Gasteiger partial charge in [-0.15, -0.1) is 0 Å². The van der Waals surface area contributed by atoms with E-state index in [1.807, 2.05) is 0 Å². The summed E-state index contributed by atoms with van der Waals surface area (Å²) >= 11 is 0. The third kappa shape index (κ3) is 1.64. The van der Waals surface area contributed by atoms with Gasteiger partial charge in [-0.1, -0.05) is 0 Å². The molecule has 1 heterocycles. The van der Waals surface area contributed by atoms with Gasteiger partial charge in [-0.3, -0.25) is 0 Å². The number of aliphatic hydroxyl groups is 2. The molecule has 1 aliphatic rings.